The normalized spacial score (nSPS) is 30.9. The second kappa shape index (κ2) is 9.71. The number of H-pyrrole nitrogens is 1. The Balaban J connectivity index is 1.10. The van der Waals surface area contributed by atoms with E-state index in [9.17, 15) is 14.0 Å². The minimum absolute atomic E-state index is 0.0289. The molecule has 2 N–H and O–H groups in total. The van der Waals surface area contributed by atoms with Gasteiger partial charge in [-0.3, -0.25) is 9.59 Å². The van der Waals surface area contributed by atoms with E-state index >= 15 is 0 Å². The number of para-hydroxylation sites is 1. The van der Waals surface area contributed by atoms with E-state index in [0.29, 0.717) is 12.0 Å². The highest BCUT2D eigenvalue weighted by atomic mass is 19.1. The molecule has 5 nitrogen and oxygen atoms in total. The van der Waals surface area contributed by atoms with Crippen LogP contribution in [0.1, 0.15) is 81.5 Å². The maximum atomic E-state index is 14.7. The van der Waals surface area contributed by atoms with Gasteiger partial charge >= 0.3 is 0 Å². The molecule has 216 valence electrons. The monoisotopic (exact) mass is 555 g/mol. The molecular weight excluding hydrogens is 513 g/mol. The van der Waals surface area contributed by atoms with Gasteiger partial charge in [0.05, 0.1) is 6.54 Å². The fraction of sp³-hybridized carbons (Fsp3) is 0.543. The van der Waals surface area contributed by atoms with E-state index in [2.05, 4.69) is 49.3 Å². The molecule has 0 spiro atoms. The molecule has 5 saturated carbocycles. The van der Waals surface area contributed by atoms with Crippen molar-refractivity contribution in [2.45, 2.75) is 83.7 Å². The number of aromatic nitrogens is 1. The van der Waals surface area contributed by atoms with Crippen LogP contribution in [0.4, 0.5) is 4.39 Å². The van der Waals surface area contributed by atoms with Gasteiger partial charge in [-0.2, -0.15) is 0 Å². The number of rotatable bonds is 8. The van der Waals surface area contributed by atoms with E-state index in [1.807, 2.05) is 6.07 Å². The largest absolute Gasteiger partial charge is 0.358 e. The highest BCUT2D eigenvalue weighted by Crippen LogP contribution is 2.67. The number of nitrogens with one attached hydrogen (secondary N) is 2. The molecule has 0 aliphatic heterocycles. The van der Waals surface area contributed by atoms with E-state index in [4.69, 9.17) is 0 Å². The molecule has 8 rings (SSSR count). The average Bonchev–Trinajstić information content (AvgIpc) is 3.25. The molecule has 5 aliphatic carbocycles. The van der Waals surface area contributed by atoms with Gasteiger partial charge in [0.2, 0.25) is 11.8 Å². The third-order valence-electron chi connectivity index (χ3n) is 11.1. The lowest BCUT2D eigenvalue weighted by molar-refractivity contribution is -0.139. The topological polar surface area (TPSA) is 65.2 Å². The summed E-state index contributed by atoms with van der Waals surface area (Å²) in [5.41, 5.74) is 3.85. The Morgan fingerprint density at radius 2 is 1.61 bits per heavy atom. The number of carbonyl (C=O) groups is 2. The van der Waals surface area contributed by atoms with Crippen molar-refractivity contribution in [3.05, 3.63) is 71.2 Å². The minimum atomic E-state index is -0.342. The summed E-state index contributed by atoms with van der Waals surface area (Å²) in [5.74, 6) is 2.05. The second-order valence-electron chi connectivity index (χ2n) is 14.4. The van der Waals surface area contributed by atoms with Gasteiger partial charge in [0.25, 0.3) is 0 Å². The molecule has 6 heteroatoms. The van der Waals surface area contributed by atoms with Crippen LogP contribution in [0.25, 0.3) is 10.9 Å². The van der Waals surface area contributed by atoms with Gasteiger partial charge in [0.1, 0.15) is 5.82 Å². The van der Waals surface area contributed by atoms with Gasteiger partial charge in [-0.1, -0.05) is 50.2 Å². The number of nitrogens with zero attached hydrogens (tertiary/aromatic N) is 1. The Kier molecular flexibility index (Phi) is 6.33. The molecule has 4 bridgehead atoms. The molecule has 1 heterocycles. The molecule has 3 aromatic rings. The van der Waals surface area contributed by atoms with E-state index in [0.717, 1.165) is 48.2 Å². The minimum Gasteiger partial charge on any atom is -0.358 e. The molecule has 0 unspecified atom stereocenters. The van der Waals surface area contributed by atoms with Crippen molar-refractivity contribution in [1.29, 1.82) is 0 Å². The van der Waals surface area contributed by atoms with Gasteiger partial charge in [-0.25, -0.2) is 4.39 Å². The van der Waals surface area contributed by atoms with Crippen molar-refractivity contribution in [2.75, 3.05) is 6.54 Å². The first-order valence-electron chi connectivity index (χ1n) is 15.5. The quantitative estimate of drug-likeness (QED) is 0.319. The maximum Gasteiger partial charge on any atom is 0.240 e. The van der Waals surface area contributed by atoms with E-state index in [1.54, 1.807) is 23.1 Å². The number of benzene rings is 2. The number of fused-ring (bicyclic) bond motifs is 1. The first-order valence-corrected chi connectivity index (χ1v) is 15.5. The van der Waals surface area contributed by atoms with Crippen LogP contribution in [0.15, 0.2) is 48.5 Å². The standard InChI is InChI=1S/C35H42FN3O2/c1-21-32(26-9-5-7-11-29(26)37-21)33-27(34(33,2)3)15-31(41)39(19-25-8-4-6-10-28(25)36)20-30(40)38-35-16-22-12-23(17-35)14-24(13-22)18-35/h4-11,22-24,27,33,37H,12-20H2,1-3H3,(H,38,40)/t22?,23?,24?,27-,33+,35?/m1/s1. The number of carbonyl (C=O) groups excluding carboxylic acids is 2. The number of hydrogen-bond donors (Lipinski definition) is 2. The van der Waals surface area contributed by atoms with E-state index in [-0.39, 0.29) is 53.5 Å². The van der Waals surface area contributed by atoms with Crippen molar-refractivity contribution < 1.29 is 14.0 Å². The van der Waals surface area contributed by atoms with Gasteiger partial charge in [0, 0.05) is 40.7 Å². The summed E-state index contributed by atoms with van der Waals surface area (Å²) in [6.45, 7) is 6.65. The fourth-order valence-corrected chi connectivity index (χ4v) is 9.55. The third-order valence-corrected chi connectivity index (χ3v) is 11.1. The Morgan fingerprint density at radius 1 is 0.976 bits per heavy atom. The van der Waals surface area contributed by atoms with Crippen LogP contribution in [0.3, 0.4) is 0 Å². The summed E-state index contributed by atoms with van der Waals surface area (Å²) in [4.78, 5) is 32.7. The van der Waals surface area contributed by atoms with Crippen molar-refractivity contribution in [3.8, 4) is 0 Å². The van der Waals surface area contributed by atoms with Crippen LogP contribution >= 0.6 is 0 Å². The van der Waals surface area contributed by atoms with E-state index in [1.165, 1.54) is 36.3 Å². The molecular formula is C35H42FN3O2. The summed E-state index contributed by atoms with van der Waals surface area (Å²) in [5, 5.41) is 4.64. The zero-order valence-electron chi connectivity index (χ0n) is 24.5. The number of aryl methyl sites for hydroxylation is 1. The Morgan fingerprint density at radius 3 is 2.29 bits per heavy atom. The number of halogens is 1. The average molecular weight is 556 g/mol. The molecule has 1 aromatic heterocycles. The Hall–Kier alpha value is -3.15. The highest BCUT2D eigenvalue weighted by Gasteiger charge is 2.60. The summed E-state index contributed by atoms with van der Waals surface area (Å²) in [6.07, 6.45) is 7.45. The number of aromatic amines is 1. The summed E-state index contributed by atoms with van der Waals surface area (Å²) >= 11 is 0. The molecule has 0 saturated heterocycles. The van der Waals surface area contributed by atoms with Crippen LogP contribution in [0, 0.1) is 41.8 Å². The zero-order chi connectivity index (χ0) is 28.5. The summed E-state index contributed by atoms with van der Waals surface area (Å²) in [7, 11) is 0. The van der Waals surface area contributed by atoms with Crippen LogP contribution < -0.4 is 5.32 Å². The molecule has 2 amide bonds. The highest BCUT2D eigenvalue weighted by molar-refractivity contribution is 5.88. The van der Waals surface area contributed by atoms with Crippen molar-refractivity contribution in [2.24, 2.45) is 29.1 Å². The van der Waals surface area contributed by atoms with Crippen LogP contribution in [-0.4, -0.2) is 33.8 Å². The predicted octanol–water partition coefficient (Wildman–Crippen LogP) is 6.86. The van der Waals surface area contributed by atoms with Crippen LogP contribution in [-0.2, 0) is 16.1 Å². The summed E-state index contributed by atoms with van der Waals surface area (Å²) < 4.78 is 14.7. The van der Waals surface area contributed by atoms with Gasteiger partial charge in [0.15, 0.2) is 0 Å². The molecule has 2 aromatic carbocycles. The van der Waals surface area contributed by atoms with Crippen LogP contribution in [0.2, 0.25) is 0 Å². The van der Waals surface area contributed by atoms with Gasteiger partial charge in [-0.05, 0) is 98.1 Å². The first kappa shape index (κ1) is 26.7. The lowest BCUT2D eigenvalue weighted by Crippen LogP contribution is -2.61. The Bertz CT molecular complexity index is 1470. The number of amides is 2. The third kappa shape index (κ3) is 4.77. The molecule has 41 heavy (non-hydrogen) atoms. The van der Waals surface area contributed by atoms with Crippen LogP contribution in [0.5, 0.6) is 0 Å². The van der Waals surface area contributed by atoms with Crippen molar-refractivity contribution >= 4 is 22.7 Å². The molecule has 5 fully saturated rings. The SMILES string of the molecule is Cc1[nH]c2ccccc2c1[C@@H]1[C@@H](CC(=O)N(CC(=O)NC23CC4CC(CC(C4)C2)C3)Cc2ccccc2F)C1(C)C. The second-order valence-corrected chi connectivity index (χ2v) is 14.4. The number of hydrogen-bond acceptors (Lipinski definition) is 2. The lowest BCUT2D eigenvalue weighted by Gasteiger charge is -2.57. The van der Waals surface area contributed by atoms with Gasteiger partial charge in [-0.15, -0.1) is 0 Å². The smallest absolute Gasteiger partial charge is 0.240 e. The van der Waals surface area contributed by atoms with Crippen molar-refractivity contribution in [3.63, 3.8) is 0 Å². The van der Waals surface area contributed by atoms with E-state index < -0.39 is 0 Å². The molecule has 5 aliphatic rings. The Labute approximate surface area is 242 Å². The lowest BCUT2D eigenvalue weighted by atomic mass is 9.53. The predicted molar refractivity (Wildman–Crippen MR) is 159 cm³/mol. The molecule has 2 atom stereocenters. The maximum absolute atomic E-state index is 14.7. The summed E-state index contributed by atoms with van der Waals surface area (Å²) in [6, 6.07) is 14.9. The molecule has 0 radical (unpaired) electrons. The van der Waals surface area contributed by atoms with Gasteiger partial charge < -0.3 is 15.2 Å². The first-order chi connectivity index (χ1) is 19.6. The van der Waals surface area contributed by atoms with Crippen molar-refractivity contribution in [1.82, 2.24) is 15.2 Å². The zero-order valence-corrected chi connectivity index (χ0v) is 24.5. The fourth-order valence-electron chi connectivity index (χ4n) is 9.55.